The Morgan fingerprint density at radius 3 is 2.26 bits per heavy atom. The Morgan fingerprint density at radius 2 is 1.83 bits per heavy atom. The second-order valence-electron chi connectivity index (χ2n) is 4.97. The van der Waals surface area contributed by atoms with E-state index in [0.29, 0.717) is 7.14 Å². The molecule has 128 valence electrons. The molecule has 1 unspecified atom stereocenters. The van der Waals surface area contributed by atoms with Crippen LogP contribution in [0.1, 0.15) is 24.2 Å². The second kappa shape index (κ2) is 7.90. The van der Waals surface area contributed by atoms with E-state index in [4.69, 9.17) is 14.6 Å². The number of halogens is 4. The van der Waals surface area contributed by atoms with Gasteiger partial charge < -0.3 is 14.6 Å². The minimum atomic E-state index is -4.19. The number of esters is 1. The van der Waals surface area contributed by atoms with Crippen molar-refractivity contribution in [2.75, 3.05) is 7.11 Å². The summed E-state index contributed by atoms with van der Waals surface area (Å²) >= 11 is 3.90. The minimum absolute atomic E-state index is 0.0318. The Balaban J connectivity index is 3.22. The molecule has 0 aromatic heterocycles. The molecule has 1 rings (SSSR count). The van der Waals surface area contributed by atoms with Crippen molar-refractivity contribution in [2.24, 2.45) is 5.92 Å². The monoisotopic (exact) mass is 554 g/mol. The number of rotatable bonds is 6. The van der Waals surface area contributed by atoms with Crippen molar-refractivity contribution < 1.29 is 33.0 Å². The number of methoxy groups -OCH3 is 1. The van der Waals surface area contributed by atoms with Gasteiger partial charge in [-0.3, -0.25) is 0 Å². The van der Waals surface area contributed by atoms with Crippen LogP contribution in [0.4, 0.5) is 8.78 Å². The molecule has 0 aliphatic carbocycles. The zero-order valence-electron chi connectivity index (χ0n) is 12.4. The van der Waals surface area contributed by atoms with E-state index < -0.39 is 29.9 Å². The Morgan fingerprint density at radius 1 is 1.26 bits per heavy atom. The average molecular weight is 554 g/mol. The molecule has 0 saturated carbocycles. The third kappa shape index (κ3) is 4.64. The number of alkyl halides is 2. The molecule has 0 spiro atoms. The van der Waals surface area contributed by atoms with Crippen LogP contribution in [0, 0.1) is 13.1 Å². The van der Waals surface area contributed by atoms with Crippen LogP contribution in [0.2, 0.25) is 0 Å². The maximum absolute atomic E-state index is 13.8. The summed E-state index contributed by atoms with van der Waals surface area (Å²) in [7, 11) is 1.34. The molecule has 1 atom stereocenters. The lowest BCUT2D eigenvalue weighted by molar-refractivity contribution is -0.187. The number of carbonyl (C=O) groups excluding carboxylic acids is 1. The van der Waals surface area contributed by atoms with E-state index in [1.807, 2.05) is 45.2 Å². The summed E-state index contributed by atoms with van der Waals surface area (Å²) in [6.45, 7) is 2.70. The highest BCUT2D eigenvalue weighted by atomic mass is 127. The van der Waals surface area contributed by atoms with E-state index in [-0.39, 0.29) is 11.3 Å². The van der Waals surface area contributed by atoms with Gasteiger partial charge in [-0.2, -0.15) is 8.78 Å². The molecule has 0 radical (unpaired) electrons. The predicted octanol–water partition coefficient (Wildman–Crippen LogP) is 3.81. The van der Waals surface area contributed by atoms with E-state index in [1.54, 1.807) is 6.07 Å². The number of hydrogen-bond acceptors (Lipinski definition) is 4. The maximum atomic E-state index is 13.8. The van der Waals surface area contributed by atoms with E-state index in [1.165, 1.54) is 27.0 Å². The Kier molecular flexibility index (Phi) is 6.98. The number of carbonyl (C=O) groups is 2. The summed E-state index contributed by atoms with van der Waals surface area (Å²) in [4.78, 5) is 23.0. The molecule has 0 saturated heterocycles. The Hall–Kier alpha value is -0.720. The first-order valence-corrected chi connectivity index (χ1v) is 8.53. The van der Waals surface area contributed by atoms with Crippen LogP contribution in [0.25, 0.3) is 0 Å². The minimum Gasteiger partial charge on any atom is -0.495 e. The normalized spacial score (nSPS) is 12.9. The summed E-state index contributed by atoms with van der Waals surface area (Å²) < 4.78 is 38.8. The molecule has 5 nitrogen and oxygen atoms in total. The molecule has 1 aromatic rings. The lowest BCUT2D eigenvalue weighted by Crippen LogP contribution is -2.47. The highest BCUT2D eigenvalue weighted by Crippen LogP contribution is 2.32. The van der Waals surface area contributed by atoms with Gasteiger partial charge in [-0.15, -0.1) is 0 Å². The first-order chi connectivity index (χ1) is 10.5. The van der Waals surface area contributed by atoms with Gasteiger partial charge in [0.1, 0.15) is 11.3 Å². The second-order valence-corrected chi connectivity index (χ2v) is 7.37. The highest BCUT2D eigenvalue weighted by molar-refractivity contribution is 14.1. The first kappa shape index (κ1) is 20.3. The van der Waals surface area contributed by atoms with Gasteiger partial charge in [-0.05, 0) is 63.2 Å². The van der Waals surface area contributed by atoms with Gasteiger partial charge in [0.05, 0.1) is 10.7 Å². The zero-order valence-corrected chi connectivity index (χ0v) is 16.7. The average Bonchev–Trinajstić information content (AvgIpc) is 2.42. The number of aliphatic carboxylic acids is 1. The summed E-state index contributed by atoms with van der Waals surface area (Å²) in [6, 6.07) is 3.17. The maximum Gasteiger partial charge on any atom is 0.378 e. The van der Waals surface area contributed by atoms with E-state index in [0.717, 1.165) is 0 Å². The quantitative estimate of drug-likeness (QED) is 0.428. The van der Waals surface area contributed by atoms with Gasteiger partial charge in [0, 0.05) is 3.57 Å². The molecule has 0 amide bonds. The van der Waals surface area contributed by atoms with Crippen LogP contribution in [0.5, 0.6) is 5.75 Å². The number of carboxylic acid groups (broad SMARTS) is 1. The van der Waals surface area contributed by atoms with Crippen LogP contribution < -0.4 is 4.74 Å². The fourth-order valence-corrected chi connectivity index (χ4v) is 3.91. The fraction of sp³-hybridized carbons (Fsp3) is 0.429. The topological polar surface area (TPSA) is 72.8 Å². The lowest BCUT2D eigenvalue weighted by Gasteiger charge is -2.26. The van der Waals surface area contributed by atoms with Crippen LogP contribution in [-0.4, -0.2) is 36.2 Å². The third-order valence-corrected chi connectivity index (χ3v) is 4.34. The Labute approximate surface area is 159 Å². The molecule has 0 fully saturated rings. The van der Waals surface area contributed by atoms with E-state index >= 15 is 0 Å². The molecule has 0 heterocycles. The van der Waals surface area contributed by atoms with Crippen molar-refractivity contribution in [3.8, 4) is 5.75 Å². The molecule has 23 heavy (non-hydrogen) atoms. The summed E-state index contributed by atoms with van der Waals surface area (Å²) in [5.74, 6) is -8.28. The Bertz CT molecular complexity index is 619. The SMILES string of the molecule is COc1c(I)cc(I)cc1C(=O)OC(C(C)C)C(F)(F)C(=O)O. The summed E-state index contributed by atoms with van der Waals surface area (Å²) in [5.41, 5.74) is -0.0318. The van der Waals surface area contributed by atoms with Crippen LogP contribution in [0.15, 0.2) is 12.1 Å². The van der Waals surface area contributed by atoms with Crippen molar-refractivity contribution in [3.63, 3.8) is 0 Å². The standard InChI is InChI=1S/C14H14F2I2O5/c1-6(2)11(14(15,16)13(20)21)23-12(19)8-4-7(17)5-9(18)10(8)22-3/h4-6,11H,1-3H3,(H,20,21). The zero-order chi connectivity index (χ0) is 17.9. The first-order valence-electron chi connectivity index (χ1n) is 6.37. The van der Waals surface area contributed by atoms with Crippen LogP contribution >= 0.6 is 45.2 Å². The predicted molar refractivity (Wildman–Crippen MR) is 95.1 cm³/mol. The molecular formula is C14H14F2I2O5. The summed E-state index contributed by atoms with van der Waals surface area (Å²) in [6.07, 6.45) is -2.09. The molecule has 0 aliphatic heterocycles. The number of carboxylic acids is 1. The van der Waals surface area contributed by atoms with Gasteiger partial charge in [0.15, 0.2) is 6.10 Å². The molecule has 1 aromatic carbocycles. The van der Waals surface area contributed by atoms with Crippen molar-refractivity contribution in [3.05, 3.63) is 24.8 Å². The van der Waals surface area contributed by atoms with Gasteiger partial charge in [-0.1, -0.05) is 13.8 Å². The van der Waals surface area contributed by atoms with Crippen LogP contribution in [0.3, 0.4) is 0 Å². The molecule has 9 heteroatoms. The third-order valence-electron chi connectivity index (χ3n) is 2.91. The molecule has 1 N–H and O–H groups in total. The van der Waals surface area contributed by atoms with Crippen LogP contribution in [-0.2, 0) is 9.53 Å². The number of hydrogen-bond donors (Lipinski definition) is 1. The summed E-state index contributed by atoms with van der Waals surface area (Å²) in [5, 5.41) is 8.66. The number of benzene rings is 1. The van der Waals surface area contributed by atoms with Gasteiger partial charge >= 0.3 is 17.9 Å². The lowest BCUT2D eigenvalue weighted by atomic mass is 10.0. The molecular weight excluding hydrogens is 540 g/mol. The fourth-order valence-electron chi connectivity index (χ4n) is 1.85. The van der Waals surface area contributed by atoms with E-state index in [9.17, 15) is 18.4 Å². The van der Waals surface area contributed by atoms with Crippen molar-refractivity contribution >= 4 is 57.1 Å². The van der Waals surface area contributed by atoms with Crippen molar-refractivity contribution in [1.82, 2.24) is 0 Å². The molecule has 0 bridgehead atoms. The van der Waals surface area contributed by atoms with Crippen molar-refractivity contribution in [2.45, 2.75) is 25.9 Å². The van der Waals surface area contributed by atoms with Gasteiger partial charge in [0.2, 0.25) is 0 Å². The van der Waals surface area contributed by atoms with E-state index in [2.05, 4.69) is 0 Å². The number of ether oxygens (including phenoxy) is 2. The smallest absolute Gasteiger partial charge is 0.378 e. The highest BCUT2D eigenvalue weighted by Gasteiger charge is 2.51. The van der Waals surface area contributed by atoms with Crippen molar-refractivity contribution in [1.29, 1.82) is 0 Å². The van der Waals surface area contributed by atoms with Gasteiger partial charge in [0.25, 0.3) is 0 Å². The largest absolute Gasteiger partial charge is 0.495 e. The van der Waals surface area contributed by atoms with Gasteiger partial charge in [-0.25, -0.2) is 9.59 Å². The molecule has 0 aliphatic rings.